The summed E-state index contributed by atoms with van der Waals surface area (Å²) in [4.78, 5) is 25.2. The number of fused-ring (bicyclic) bond motifs is 3. The van der Waals surface area contributed by atoms with Crippen molar-refractivity contribution < 1.29 is 14.6 Å². The van der Waals surface area contributed by atoms with Crippen LogP contribution in [0.5, 0.6) is 5.75 Å². The SMILES string of the molecule is CCC1CC2(C(=O)OOc3ccccc3)CCN1CC2. The van der Waals surface area contributed by atoms with E-state index in [0.717, 1.165) is 38.8 Å². The summed E-state index contributed by atoms with van der Waals surface area (Å²) in [6.45, 7) is 4.18. The molecule has 1 atom stereocenters. The van der Waals surface area contributed by atoms with E-state index in [1.54, 1.807) is 12.1 Å². The molecule has 0 aliphatic carbocycles. The Balaban J connectivity index is 1.64. The first kappa shape index (κ1) is 13.4. The first-order chi connectivity index (χ1) is 9.73. The third kappa shape index (κ3) is 2.40. The highest BCUT2D eigenvalue weighted by Crippen LogP contribution is 2.44. The summed E-state index contributed by atoms with van der Waals surface area (Å²) in [5.41, 5.74) is -0.329. The Morgan fingerprint density at radius 2 is 2.00 bits per heavy atom. The van der Waals surface area contributed by atoms with Gasteiger partial charge in [-0.25, -0.2) is 9.68 Å². The van der Waals surface area contributed by atoms with E-state index in [1.165, 1.54) is 0 Å². The van der Waals surface area contributed by atoms with E-state index in [2.05, 4.69) is 11.8 Å². The summed E-state index contributed by atoms with van der Waals surface area (Å²) in [5.74, 6) is 0.372. The van der Waals surface area contributed by atoms with Gasteiger partial charge in [-0.3, -0.25) is 4.89 Å². The average molecular weight is 275 g/mol. The van der Waals surface area contributed by atoms with E-state index in [4.69, 9.17) is 9.78 Å². The molecule has 3 fully saturated rings. The second kappa shape index (κ2) is 5.44. The van der Waals surface area contributed by atoms with Crippen LogP contribution in [0.25, 0.3) is 0 Å². The molecule has 0 spiro atoms. The Kier molecular flexibility index (Phi) is 3.66. The molecular formula is C16H21NO3. The zero-order valence-electron chi connectivity index (χ0n) is 11.9. The van der Waals surface area contributed by atoms with Crippen molar-refractivity contribution in [1.82, 2.24) is 4.90 Å². The number of piperidine rings is 3. The van der Waals surface area contributed by atoms with Gasteiger partial charge in [0.1, 0.15) is 0 Å². The van der Waals surface area contributed by atoms with Crippen LogP contribution in [0.3, 0.4) is 0 Å². The summed E-state index contributed by atoms with van der Waals surface area (Å²) >= 11 is 0. The summed E-state index contributed by atoms with van der Waals surface area (Å²) in [6, 6.07) is 9.69. The Labute approximate surface area is 119 Å². The first-order valence-electron chi connectivity index (χ1n) is 7.41. The summed E-state index contributed by atoms with van der Waals surface area (Å²) in [7, 11) is 0. The van der Waals surface area contributed by atoms with Crippen molar-refractivity contribution in [2.24, 2.45) is 5.41 Å². The second-order valence-electron chi connectivity index (χ2n) is 5.85. The highest BCUT2D eigenvalue weighted by atomic mass is 17.2. The van der Waals surface area contributed by atoms with E-state index in [-0.39, 0.29) is 11.4 Å². The van der Waals surface area contributed by atoms with Gasteiger partial charge >= 0.3 is 5.97 Å². The van der Waals surface area contributed by atoms with Crippen molar-refractivity contribution in [3.8, 4) is 5.75 Å². The van der Waals surface area contributed by atoms with Gasteiger partial charge in [-0.15, -0.1) is 0 Å². The van der Waals surface area contributed by atoms with Crippen LogP contribution in [-0.4, -0.2) is 30.0 Å². The van der Waals surface area contributed by atoms with E-state index in [1.807, 2.05) is 18.2 Å². The van der Waals surface area contributed by atoms with Crippen LogP contribution in [0.4, 0.5) is 0 Å². The van der Waals surface area contributed by atoms with Gasteiger partial charge in [0, 0.05) is 6.04 Å². The molecule has 1 aromatic carbocycles. The largest absolute Gasteiger partial charge is 0.361 e. The lowest BCUT2D eigenvalue weighted by atomic mass is 9.68. The van der Waals surface area contributed by atoms with Gasteiger partial charge in [-0.05, 0) is 50.9 Å². The highest BCUT2D eigenvalue weighted by molar-refractivity contribution is 5.77. The molecule has 0 radical (unpaired) electrons. The molecule has 3 aliphatic rings. The third-order valence-electron chi connectivity index (χ3n) is 4.76. The van der Waals surface area contributed by atoms with Crippen molar-refractivity contribution >= 4 is 5.97 Å². The smallest absolute Gasteiger partial charge is 0.300 e. The molecule has 1 unspecified atom stereocenters. The summed E-state index contributed by atoms with van der Waals surface area (Å²) in [5, 5.41) is 0. The zero-order chi connectivity index (χ0) is 14.0. The zero-order valence-corrected chi connectivity index (χ0v) is 11.9. The lowest BCUT2D eigenvalue weighted by Gasteiger charge is -2.50. The Bertz CT molecular complexity index is 466. The number of benzene rings is 1. The molecule has 20 heavy (non-hydrogen) atoms. The molecular weight excluding hydrogens is 254 g/mol. The van der Waals surface area contributed by atoms with Gasteiger partial charge in [-0.2, -0.15) is 0 Å². The lowest BCUT2D eigenvalue weighted by Crippen LogP contribution is -2.57. The fraction of sp³-hybridized carbons (Fsp3) is 0.562. The number of carbonyl (C=O) groups is 1. The molecule has 4 heteroatoms. The number of hydrogen-bond donors (Lipinski definition) is 0. The van der Waals surface area contributed by atoms with Crippen LogP contribution < -0.4 is 4.89 Å². The van der Waals surface area contributed by atoms with Crippen molar-refractivity contribution in [1.29, 1.82) is 0 Å². The van der Waals surface area contributed by atoms with Gasteiger partial charge in [0.25, 0.3) is 0 Å². The minimum absolute atomic E-state index is 0.195. The number of rotatable bonds is 4. The third-order valence-corrected chi connectivity index (χ3v) is 4.76. The quantitative estimate of drug-likeness (QED) is 0.625. The van der Waals surface area contributed by atoms with Gasteiger partial charge < -0.3 is 4.90 Å². The number of hydrogen-bond acceptors (Lipinski definition) is 4. The van der Waals surface area contributed by atoms with Crippen molar-refractivity contribution in [3.05, 3.63) is 30.3 Å². The van der Waals surface area contributed by atoms with E-state index in [0.29, 0.717) is 11.8 Å². The maximum Gasteiger partial charge on any atom is 0.361 e. The maximum absolute atomic E-state index is 12.4. The average Bonchev–Trinajstić information content (AvgIpc) is 2.54. The molecule has 3 aliphatic heterocycles. The fourth-order valence-corrected chi connectivity index (χ4v) is 3.44. The molecule has 0 N–H and O–H groups in total. The minimum atomic E-state index is -0.329. The van der Waals surface area contributed by atoms with Crippen LogP contribution >= 0.6 is 0 Å². The molecule has 0 amide bonds. The predicted molar refractivity (Wildman–Crippen MR) is 75.1 cm³/mol. The number of nitrogens with zero attached hydrogens (tertiary/aromatic N) is 1. The van der Waals surface area contributed by atoms with Crippen LogP contribution in [0.1, 0.15) is 32.6 Å². The summed E-state index contributed by atoms with van der Waals surface area (Å²) in [6.07, 6.45) is 3.77. The molecule has 4 nitrogen and oxygen atoms in total. The van der Waals surface area contributed by atoms with Gasteiger partial charge in [0.2, 0.25) is 0 Å². The van der Waals surface area contributed by atoms with Gasteiger partial charge in [-0.1, -0.05) is 25.1 Å². The van der Waals surface area contributed by atoms with E-state index < -0.39 is 0 Å². The van der Waals surface area contributed by atoms with E-state index in [9.17, 15) is 4.79 Å². The van der Waals surface area contributed by atoms with Gasteiger partial charge in [0.15, 0.2) is 5.75 Å². The topological polar surface area (TPSA) is 38.8 Å². The molecule has 3 heterocycles. The maximum atomic E-state index is 12.4. The molecule has 108 valence electrons. The first-order valence-corrected chi connectivity index (χ1v) is 7.41. The molecule has 4 rings (SSSR count). The standard InChI is InChI=1S/C16H21NO3/c1-2-13-12-16(8-10-17(13)11-9-16)15(18)20-19-14-6-4-3-5-7-14/h3-7,13H,2,8-12H2,1H3. The Morgan fingerprint density at radius 3 is 2.65 bits per heavy atom. The van der Waals surface area contributed by atoms with Crippen LogP contribution in [0.2, 0.25) is 0 Å². The predicted octanol–water partition coefficient (Wildman–Crippen LogP) is 2.79. The van der Waals surface area contributed by atoms with Crippen molar-refractivity contribution in [3.63, 3.8) is 0 Å². The number of carbonyl (C=O) groups excluding carboxylic acids is 1. The van der Waals surface area contributed by atoms with Crippen LogP contribution in [-0.2, 0) is 9.68 Å². The Morgan fingerprint density at radius 1 is 1.30 bits per heavy atom. The Hall–Kier alpha value is -1.55. The molecule has 0 saturated carbocycles. The molecule has 0 aromatic heterocycles. The molecule has 3 saturated heterocycles. The van der Waals surface area contributed by atoms with Crippen molar-refractivity contribution in [2.75, 3.05) is 13.1 Å². The second-order valence-corrected chi connectivity index (χ2v) is 5.85. The molecule has 2 bridgehead atoms. The van der Waals surface area contributed by atoms with Crippen molar-refractivity contribution in [2.45, 2.75) is 38.6 Å². The fourth-order valence-electron chi connectivity index (χ4n) is 3.44. The normalized spacial score (nSPS) is 31.9. The van der Waals surface area contributed by atoms with Crippen LogP contribution in [0.15, 0.2) is 30.3 Å². The highest BCUT2D eigenvalue weighted by Gasteiger charge is 2.50. The number of para-hydroxylation sites is 1. The molecule has 1 aromatic rings. The van der Waals surface area contributed by atoms with Gasteiger partial charge in [0.05, 0.1) is 5.41 Å². The van der Waals surface area contributed by atoms with Crippen LogP contribution in [0, 0.1) is 5.41 Å². The van der Waals surface area contributed by atoms with E-state index >= 15 is 0 Å². The monoisotopic (exact) mass is 275 g/mol. The lowest BCUT2D eigenvalue weighted by molar-refractivity contribution is -0.233. The summed E-state index contributed by atoms with van der Waals surface area (Å²) < 4.78 is 0. The minimum Gasteiger partial charge on any atom is -0.300 e.